The highest BCUT2D eigenvalue weighted by atomic mass is 16.6. The molecule has 1 unspecified atom stereocenters. The Hall–Kier alpha value is -4.19. The van der Waals surface area contributed by atoms with Crippen LogP contribution in [0.2, 0.25) is 0 Å². The zero-order chi connectivity index (χ0) is 57.1. The van der Waals surface area contributed by atoms with Crippen LogP contribution in [0.5, 0.6) is 0 Å². The SMILES string of the molecule is CC/C=C\C/C=C\C/C=C\C/C=C\C/C=C\C/C=C\C/C=C\C/C=C\CCCCCCC(=O)OCC(COC(=O)CCCCCCC/C=C\CCCC)OC(=O)CCCCCCCCCCC/C=C\CCCCCCCCCC. The maximum absolute atomic E-state index is 12.9. The average Bonchev–Trinajstić information content (AvgIpc) is 3.45. The predicted octanol–water partition coefficient (Wildman–Crippen LogP) is 22.8. The highest BCUT2D eigenvalue weighted by Gasteiger charge is 2.19. The van der Waals surface area contributed by atoms with E-state index in [4.69, 9.17) is 14.2 Å². The zero-order valence-electron chi connectivity index (χ0n) is 51.6. The van der Waals surface area contributed by atoms with Gasteiger partial charge < -0.3 is 14.2 Å². The fourth-order valence-corrected chi connectivity index (χ4v) is 8.96. The van der Waals surface area contributed by atoms with E-state index in [9.17, 15) is 14.4 Å². The van der Waals surface area contributed by atoms with Crippen molar-refractivity contribution in [3.05, 3.63) is 122 Å². The van der Waals surface area contributed by atoms with Crippen LogP contribution in [0.4, 0.5) is 0 Å². The van der Waals surface area contributed by atoms with Gasteiger partial charge in [-0.1, -0.05) is 277 Å². The average molecular weight is 1100 g/mol. The van der Waals surface area contributed by atoms with Crippen LogP contribution in [0.3, 0.4) is 0 Å². The van der Waals surface area contributed by atoms with Crippen LogP contribution in [0.25, 0.3) is 0 Å². The normalized spacial score (nSPS) is 12.9. The molecular weight excluding hydrogens is 973 g/mol. The number of hydrogen-bond donors (Lipinski definition) is 0. The summed E-state index contributed by atoms with van der Waals surface area (Å²) in [6.45, 7) is 6.47. The van der Waals surface area contributed by atoms with Gasteiger partial charge in [-0.25, -0.2) is 0 Å². The van der Waals surface area contributed by atoms with Crippen LogP contribution in [-0.4, -0.2) is 37.2 Å². The maximum Gasteiger partial charge on any atom is 0.306 e. The van der Waals surface area contributed by atoms with E-state index in [1.807, 2.05) is 0 Å². The molecule has 0 aromatic heterocycles. The topological polar surface area (TPSA) is 78.9 Å². The standard InChI is InChI=1S/C73H122O6/c1-4-7-10-13-16-19-22-24-26-28-30-32-33-34-35-36-37-38-39-41-42-44-46-48-51-54-57-60-63-66-72(75)78-69-70(68-77-71(74)65-62-59-56-53-50-21-18-15-12-9-6-3)79-73(76)67-64-61-58-55-52-49-47-45-43-40-31-29-27-25-23-20-17-14-11-8-5-2/h7,10,15-16,18-19,24,26,29-32,34-35,37-38,41-42,46,48,70H,4-6,8-9,11-14,17,20-23,25,27-28,33,36,39-40,43-45,47,49-69H2,1-3H3/b10-7-,18-15-,19-16-,26-24-,31-29-,32-30-,35-34-,38-37-,42-41-,48-46-. The van der Waals surface area contributed by atoms with Gasteiger partial charge in [0.05, 0.1) is 0 Å². The predicted molar refractivity (Wildman–Crippen MR) is 343 cm³/mol. The molecule has 0 saturated carbocycles. The summed E-state index contributed by atoms with van der Waals surface area (Å²) in [4.78, 5) is 38.3. The van der Waals surface area contributed by atoms with Gasteiger partial charge in [0.2, 0.25) is 0 Å². The highest BCUT2D eigenvalue weighted by molar-refractivity contribution is 5.71. The summed E-state index contributed by atoms with van der Waals surface area (Å²) in [7, 11) is 0. The molecule has 0 N–H and O–H groups in total. The molecule has 0 aliphatic rings. The largest absolute Gasteiger partial charge is 0.462 e. The third kappa shape index (κ3) is 64.5. The lowest BCUT2D eigenvalue weighted by Gasteiger charge is -2.18. The van der Waals surface area contributed by atoms with Crippen molar-refractivity contribution in [3.8, 4) is 0 Å². The summed E-state index contributed by atoms with van der Waals surface area (Å²) in [5.74, 6) is -0.925. The van der Waals surface area contributed by atoms with Crippen LogP contribution in [0.15, 0.2) is 122 Å². The lowest BCUT2D eigenvalue weighted by molar-refractivity contribution is -0.167. The second-order valence-electron chi connectivity index (χ2n) is 21.6. The molecule has 0 heterocycles. The minimum atomic E-state index is -0.797. The van der Waals surface area contributed by atoms with Crippen LogP contribution in [-0.2, 0) is 28.6 Å². The molecule has 0 bridgehead atoms. The molecule has 0 aliphatic heterocycles. The van der Waals surface area contributed by atoms with E-state index < -0.39 is 6.10 Å². The molecule has 6 nitrogen and oxygen atoms in total. The highest BCUT2D eigenvalue weighted by Crippen LogP contribution is 2.15. The van der Waals surface area contributed by atoms with Crippen molar-refractivity contribution < 1.29 is 28.6 Å². The molecule has 450 valence electrons. The number of carbonyl (C=O) groups is 3. The molecule has 79 heavy (non-hydrogen) atoms. The maximum atomic E-state index is 12.9. The fraction of sp³-hybridized carbons (Fsp3) is 0.685. The van der Waals surface area contributed by atoms with E-state index >= 15 is 0 Å². The van der Waals surface area contributed by atoms with Crippen LogP contribution < -0.4 is 0 Å². The summed E-state index contributed by atoms with van der Waals surface area (Å²) in [5.41, 5.74) is 0. The molecule has 0 saturated heterocycles. The van der Waals surface area contributed by atoms with Gasteiger partial charge in [0.25, 0.3) is 0 Å². The van der Waals surface area contributed by atoms with E-state index in [0.717, 1.165) is 135 Å². The van der Waals surface area contributed by atoms with Gasteiger partial charge >= 0.3 is 17.9 Å². The third-order valence-electron chi connectivity index (χ3n) is 13.9. The van der Waals surface area contributed by atoms with Gasteiger partial charge in [-0.3, -0.25) is 14.4 Å². The number of rotatable bonds is 59. The first-order valence-electron chi connectivity index (χ1n) is 33.0. The van der Waals surface area contributed by atoms with Gasteiger partial charge in [0.1, 0.15) is 13.2 Å². The van der Waals surface area contributed by atoms with E-state index in [-0.39, 0.29) is 31.1 Å². The zero-order valence-corrected chi connectivity index (χ0v) is 51.6. The summed E-state index contributed by atoms with van der Waals surface area (Å²) in [5, 5.41) is 0. The quantitative estimate of drug-likeness (QED) is 0.0261. The smallest absolute Gasteiger partial charge is 0.306 e. The number of esters is 3. The molecule has 0 rings (SSSR count). The number of unbranched alkanes of at least 4 members (excludes halogenated alkanes) is 28. The molecular formula is C73H122O6. The van der Waals surface area contributed by atoms with Crippen molar-refractivity contribution in [1.29, 1.82) is 0 Å². The summed E-state index contributed by atoms with van der Waals surface area (Å²) >= 11 is 0. The Balaban J connectivity index is 4.34. The third-order valence-corrected chi connectivity index (χ3v) is 13.9. The lowest BCUT2D eigenvalue weighted by Crippen LogP contribution is -2.30. The second kappa shape index (κ2) is 66.3. The van der Waals surface area contributed by atoms with E-state index in [0.29, 0.717) is 19.3 Å². The van der Waals surface area contributed by atoms with Crippen molar-refractivity contribution in [1.82, 2.24) is 0 Å². The van der Waals surface area contributed by atoms with E-state index in [1.165, 1.54) is 128 Å². The van der Waals surface area contributed by atoms with Crippen LogP contribution >= 0.6 is 0 Å². The van der Waals surface area contributed by atoms with Crippen LogP contribution in [0.1, 0.15) is 303 Å². The molecule has 0 aliphatic carbocycles. The summed E-state index contributed by atoms with van der Waals surface area (Å²) in [6, 6.07) is 0. The molecule has 0 amide bonds. The Morgan fingerprint density at radius 2 is 0.506 bits per heavy atom. The summed E-state index contributed by atoms with van der Waals surface area (Å²) in [6.07, 6.45) is 92.1. The fourth-order valence-electron chi connectivity index (χ4n) is 8.96. The van der Waals surface area contributed by atoms with E-state index in [2.05, 4.69) is 142 Å². The minimum absolute atomic E-state index is 0.0927. The second-order valence-corrected chi connectivity index (χ2v) is 21.6. The van der Waals surface area contributed by atoms with Crippen molar-refractivity contribution >= 4 is 17.9 Å². The molecule has 0 aromatic rings. The lowest BCUT2D eigenvalue weighted by atomic mass is 10.1. The molecule has 0 radical (unpaired) electrons. The monoisotopic (exact) mass is 1090 g/mol. The number of hydrogen-bond acceptors (Lipinski definition) is 6. The minimum Gasteiger partial charge on any atom is -0.462 e. The van der Waals surface area contributed by atoms with Crippen molar-refractivity contribution in [3.63, 3.8) is 0 Å². The Morgan fingerprint density at radius 3 is 0.823 bits per heavy atom. The summed E-state index contributed by atoms with van der Waals surface area (Å²) < 4.78 is 16.9. The molecule has 0 spiro atoms. The first kappa shape index (κ1) is 74.8. The Kier molecular flexibility index (Phi) is 62.8. The van der Waals surface area contributed by atoms with E-state index in [1.54, 1.807) is 0 Å². The van der Waals surface area contributed by atoms with Crippen LogP contribution in [0, 0.1) is 0 Å². The Bertz CT molecular complexity index is 1640. The number of ether oxygens (including phenoxy) is 3. The van der Waals surface area contributed by atoms with Gasteiger partial charge in [-0.2, -0.15) is 0 Å². The van der Waals surface area contributed by atoms with Gasteiger partial charge in [0.15, 0.2) is 6.10 Å². The number of allylic oxidation sites excluding steroid dienone is 20. The molecule has 0 aromatic carbocycles. The number of carbonyl (C=O) groups excluding carboxylic acids is 3. The van der Waals surface area contributed by atoms with Crippen molar-refractivity contribution in [2.24, 2.45) is 0 Å². The first-order chi connectivity index (χ1) is 39.0. The molecule has 1 atom stereocenters. The van der Waals surface area contributed by atoms with Gasteiger partial charge in [0, 0.05) is 19.3 Å². The molecule has 0 fully saturated rings. The Morgan fingerprint density at radius 1 is 0.266 bits per heavy atom. The van der Waals surface area contributed by atoms with Crippen molar-refractivity contribution in [2.45, 2.75) is 309 Å². The van der Waals surface area contributed by atoms with Crippen molar-refractivity contribution in [2.75, 3.05) is 13.2 Å². The van der Waals surface area contributed by atoms with Gasteiger partial charge in [-0.15, -0.1) is 0 Å². The molecule has 6 heteroatoms. The Labute approximate surface area is 488 Å². The van der Waals surface area contributed by atoms with Gasteiger partial charge in [-0.05, 0) is 128 Å². The first-order valence-corrected chi connectivity index (χ1v) is 33.0.